The molecule has 0 aliphatic carbocycles. The lowest BCUT2D eigenvalue weighted by Crippen LogP contribution is -2.14. The van der Waals surface area contributed by atoms with Crippen LogP contribution in [0, 0.1) is 0 Å². The Morgan fingerprint density at radius 3 is 2.46 bits per heavy atom. The van der Waals surface area contributed by atoms with Crippen LogP contribution in [0.3, 0.4) is 0 Å². The smallest absolute Gasteiger partial charge is 0.344 e. The minimum atomic E-state index is -0.456. The Balaban J connectivity index is 2.14. The van der Waals surface area contributed by atoms with Gasteiger partial charge in [-0.15, -0.1) is 0 Å². The number of aromatic hydroxyl groups is 1. The highest BCUT2D eigenvalue weighted by Crippen LogP contribution is 2.33. The Bertz CT molecular complexity index is 726. The molecule has 2 rings (SSSR count). The van der Waals surface area contributed by atoms with Crippen LogP contribution in [-0.2, 0) is 16.0 Å². The molecule has 0 atom stereocenters. The van der Waals surface area contributed by atoms with E-state index in [1.165, 1.54) is 0 Å². The Labute approximate surface area is 158 Å². The van der Waals surface area contributed by atoms with E-state index in [2.05, 4.69) is 15.9 Å². The lowest BCUT2D eigenvalue weighted by molar-refractivity contribution is -0.145. The molecule has 0 saturated carbocycles. The Kier molecular flexibility index (Phi) is 6.78. The number of carbonyl (C=O) groups excluding carboxylic acids is 1. The lowest BCUT2D eigenvalue weighted by Gasteiger charge is -2.12. The fourth-order valence-corrected chi connectivity index (χ4v) is 3.07. The fraction of sp³-hybridized carbons (Fsp3) is 0.235. The van der Waals surface area contributed by atoms with Gasteiger partial charge in [0.1, 0.15) is 11.5 Å². The molecule has 0 saturated heterocycles. The highest BCUT2D eigenvalue weighted by Gasteiger charge is 2.12. The summed E-state index contributed by atoms with van der Waals surface area (Å²) in [7, 11) is 0. The first kappa shape index (κ1) is 18.9. The van der Waals surface area contributed by atoms with Crippen LogP contribution in [0.2, 0.25) is 10.0 Å². The van der Waals surface area contributed by atoms with Crippen molar-refractivity contribution in [1.82, 2.24) is 0 Å². The average molecular weight is 434 g/mol. The number of phenols is 1. The van der Waals surface area contributed by atoms with Crippen LogP contribution >= 0.6 is 39.1 Å². The van der Waals surface area contributed by atoms with Crippen LogP contribution in [0.5, 0.6) is 11.5 Å². The van der Waals surface area contributed by atoms with Gasteiger partial charge in [0.15, 0.2) is 6.61 Å². The van der Waals surface area contributed by atoms with Crippen molar-refractivity contribution in [2.75, 3.05) is 13.2 Å². The molecule has 128 valence electrons. The van der Waals surface area contributed by atoms with Crippen molar-refractivity contribution in [3.8, 4) is 11.5 Å². The molecular weight excluding hydrogens is 419 g/mol. The minimum absolute atomic E-state index is 0.165. The number of ether oxygens (including phenoxy) is 2. The SMILES string of the molecule is CCOC(=O)COc1cc(Cl)c(Cc2ccc(O)c(Br)c2)c(Cl)c1. The van der Waals surface area contributed by atoms with E-state index in [-0.39, 0.29) is 12.4 Å². The largest absolute Gasteiger partial charge is 0.507 e. The molecule has 0 spiro atoms. The van der Waals surface area contributed by atoms with Crippen molar-refractivity contribution >= 4 is 45.1 Å². The normalized spacial score (nSPS) is 10.5. The quantitative estimate of drug-likeness (QED) is 0.651. The van der Waals surface area contributed by atoms with Gasteiger partial charge in [-0.25, -0.2) is 4.79 Å². The zero-order valence-electron chi connectivity index (χ0n) is 12.8. The van der Waals surface area contributed by atoms with Gasteiger partial charge in [0, 0.05) is 16.5 Å². The number of esters is 1. The molecule has 0 aliphatic rings. The van der Waals surface area contributed by atoms with Crippen molar-refractivity contribution < 1.29 is 19.4 Å². The summed E-state index contributed by atoms with van der Waals surface area (Å²) in [4.78, 5) is 11.3. The molecule has 2 aromatic rings. The second-order valence-electron chi connectivity index (χ2n) is 4.92. The number of rotatable bonds is 6. The van der Waals surface area contributed by atoms with Gasteiger partial charge in [-0.2, -0.15) is 0 Å². The van der Waals surface area contributed by atoms with Crippen LogP contribution < -0.4 is 4.74 Å². The summed E-state index contributed by atoms with van der Waals surface area (Å²) in [6, 6.07) is 8.40. The van der Waals surface area contributed by atoms with Crippen molar-refractivity contribution in [2.24, 2.45) is 0 Å². The molecule has 2 aromatic carbocycles. The third-order valence-electron chi connectivity index (χ3n) is 3.17. The number of hydrogen-bond acceptors (Lipinski definition) is 4. The Morgan fingerprint density at radius 2 is 1.88 bits per heavy atom. The van der Waals surface area contributed by atoms with Gasteiger partial charge in [0.05, 0.1) is 11.1 Å². The van der Waals surface area contributed by atoms with E-state index in [0.29, 0.717) is 33.3 Å². The van der Waals surface area contributed by atoms with Gasteiger partial charge in [-0.05, 0) is 58.2 Å². The summed E-state index contributed by atoms with van der Waals surface area (Å²) in [5.41, 5.74) is 1.67. The van der Waals surface area contributed by atoms with E-state index in [0.717, 1.165) is 11.1 Å². The molecule has 4 nitrogen and oxygen atoms in total. The third-order valence-corrected chi connectivity index (χ3v) is 4.48. The predicted molar refractivity (Wildman–Crippen MR) is 97.2 cm³/mol. The molecule has 0 heterocycles. The van der Waals surface area contributed by atoms with E-state index in [1.54, 1.807) is 37.3 Å². The summed E-state index contributed by atoms with van der Waals surface area (Å²) in [6.07, 6.45) is 0.495. The molecule has 1 N–H and O–H groups in total. The lowest BCUT2D eigenvalue weighted by atomic mass is 10.0. The molecule has 0 radical (unpaired) electrons. The molecule has 0 fully saturated rings. The minimum Gasteiger partial charge on any atom is -0.507 e. The van der Waals surface area contributed by atoms with E-state index >= 15 is 0 Å². The summed E-state index contributed by atoms with van der Waals surface area (Å²) in [5.74, 6) is 0.107. The van der Waals surface area contributed by atoms with Crippen molar-refractivity contribution in [1.29, 1.82) is 0 Å². The maximum Gasteiger partial charge on any atom is 0.344 e. The van der Waals surface area contributed by atoms with Gasteiger partial charge in [0.2, 0.25) is 0 Å². The number of halogens is 3. The fourth-order valence-electron chi connectivity index (χ4n) is 2.04. The van der Waals surface area contributed by atoms with Crippen molar-refractivity contribution in [2.45, 2.75) is 13.3 Å². The molecule has 0 aliphatic heterocycles. The summed E-state index contributed by atoms with van der Waals surface area (Å²) in [6.45, 7) is 1.82. The highest BCUT2D eigenvalue weighted by molar-refractivity contribution is 9.10. The zero-order chi connectivity index (χ0) is 17.7. The standard InChI is InChI=1S/C17H15BrCl2O4/c1-2-23-17(22)9-24-11-7-14(19)12(15(20)8-11)5-10-3-4-16(21)13(18)6-10/h3-4,6-8,21H,2,5,9H2,1H3. The second kappa shape index (κ2) is 8.60. The van der Waals surface area contributed by atoms with Gasteiger partial charge in [-0.3, -0.25) is 0 Å². The maximum atomic E-state index is 11.3. The van der Waals surface area contributed by atoms with Gasteiger partial charge >= 0.3 is 5.97 Å². The Hall–Kier alpha value is -1.43. The van der Waals surface area contributed by atoms with E-state index in [1.807, 2.05) is 0 Å². The molecule has 24 heavy (non-hydrogen) atoms. The van der Waals surface area contributed by atoms with Gasteiger partial charge in [-0.1, -0.05) is 29.3 Å². The zero-order valence-corrected chi connectivity index (χ0v) is 15.9. The van der Waals surface area contributed by atoms with Crippen LogP contribution in [-0.4, -0.2) is 24.3 Å². The van der Waals surface area contributed by atoms with Gasteiger partial charge in [0.25, 0.3) is 0 Å². The summed E-state index contributed by atoms with van der Waals surface area (Å²) < 4.78 is 10.7. The van der Waals surface area contributed by atoms with Crippen molar-refractivity contribution in [3.63, 3.8) is 0 Å². The first-order chi connectivity index (χ1) is 11.4. The second-order valence-corrected chi connectivity index (χ2v) is 6.59. The average Bonchev–Trinajstić information content (AvgIpc) is 2.52. The van der Waals surface area contributed by atoms with Crippen LogP contribution in [0.4, 0.5) is 0 Å². The number of benzene rings is 2. The van der Waals surface area contributed by atoms with E-state index in [9.17, 15) is 9.90 Å². The van der Waals surface area contributed by atoms with Crippen LogP contribution in [0.25, 0.3) is 0 Å². The van der Waals surface area contributed by atoms with E-state index in [4.69, 9.17) is 32.7 Å². The van der Waals surface area contributed by atoms with Crippen LogP contribution in [0.15, 0.2) is 34.8 Å². The predicted octanol–water partition coefficient (Wildman–Crippen LogP) is 4.99. The summed E-state index contributed by atoms with van der Waals surface area (Å²) >= 11 is 15.9. The molecular formula is C17H15BrCl2O4. The number of hydrogen-bond donors (Lipinski definition) is 1. The number of phenolic OH excluding ortho intramolecular Hbond substituents is 1. The first-order valence-electron chi connectivity index (χ1n) is 7.14. The summed E-state index contributed by atoms with van der Waals surface area (Å²) in [5, 5.41) is 10.4. The van der Waals surface area contributed by atoms with Crippen LogP contribution in [0.1, 0.15) is 18.1 Å². The highest BCUT2D eigenvalue weighted by atomic mass is 79.9. The molecule has 7 heteroatoms. The molecule has 0 aromatic heterocycles. The topological polar surface area (TPSA) is 55.8 Å². The number of carbonyl (C=O) groups is 1. The molecule has 0 amide bonds. The van der Waals surface area contributed by atoms with Crippen molar-refractivity contribution in [3.05, 3.63) is 56.0 Å². The first-order valence-corrected chi connectivity index (χ1v) is 8.69. The monoisotopic (exact) mass is 432 g/mol. The third kappa shape index (κ3) is 5.03. The maximum absolute atomic E-state index is 11.3. The van der Waals surface area contributed by atoms with Gasteiger partial charge < -0.3 is 14.6 Å². The Morgan fingerprint density at radius 1 is 1.21 bits per heavy atom. The van der Waals surface area contributed by atoms with E-state index < -0.39 is 5.97 Å². The molecule has 0 bridgehead atoms. The molecule has 0 unspecified atom stereocenters.